The van der Waals surface area contributed by atoms with Gasteiger partial charge in [-0.05, 0) is 43.6 Å². The summed E-state index contributed by atoms with van der Waals surface area (Å²) in [7, 11) is 0. The minimum Gasteiger partial charge on any atom is -0.486 e. The molecular weight excluding hydrogens is 485 g/mol. The Balaban J connectivity index is 1.38. The van der Waals surface area contributed by atoms with Crippen molar-refractivity contribution < 1.29 is 9.15 Å². The number of hydrogen-bond donors (Lipinski definition) is 2. The Morgan fingerprint density at radius 2 is 1.94 bits per heavy atom. The molecule has 0 amide bonds. The quantitative estimate of drug-likeness (QED) is 0.322. The summed E-state index contributed by atoms with van der Waals surface area (Å²) in [5.74, 6) is 0.635. The average Bonchev–Trinajstić information content (AvgIpc) is 3.48. The van der Waals surface area contributed by atoms with Crippen molar-refractivity contribution in [1.82, 2.24) is 20.1 Å². The van der Waals surface area contributed by atoms with Crippen LogP contribution in [-0.2, 0) is 6.42 Å². The maximum Gasteiger partial charge on any atom is 0.205 e. The van der Waals surface area contributed by atoms with Gasteiger partial charge in [-0.3, -0.25) is 4.68 Å². The smallest absolute Gasteiger partial charge is 0.205 e. The Morgan fingerprint density at radius 1 is 1.15 bits per heavy atom. The third-order valence-corrected chi connectivity index (χ3v) is 7.13. The molecule has 1 saturated heterocycles. The van der Waals surface area contributed by atoms with Gasteiger partial charge in [0.25, 0.3) is 0 Å². The lowest BCUT2D eigenvalue weighted by Gasteiger charge is -2.22. The van der Waals surface area contributed by atoms with E-state index in [1.807, 2.05) is 10.9 Å². The van der Waals surface area contributed by atoms with Crippen LogP contribution in [0.25, 0.3) is 22.1 Å². The lowest BCUT2D eigenvalue weighted by molar-refractivity contribution is 0.321. The molecule has 0 saturated carbocycles. The molecule has 5 rings (SSSR count). The molecule has 7 nitrogen and oxygen atoms in total. The number of anilines is 1. The molecule has 3 aromatic heterocycles. The highest BCUT2D eigenvalue weighted by molar-refractivity contribution is 6.44. The highest BCUT2D eigenvalue weighted by Gasteiger charge is 2.20. The summed E-state index contributed by atoms with van der Waals surface area (Å²) in [6, 6.07) is 3.78. The predicted octanol–water partition coefficient (Wildman–Crippen LogP) is 5.78. The fraction of sp³-hybridized carbons (Fsp3) is 0.304. The number of rotatable bonds is 6. The maximum absolute atomic E-state index is 6.30. The number of hydrogen-bond acceptors (Lipinski definition) is 6. The van der Waals surface area contributed by atoms with Gasteiger partial charge in [-0.25, -0.2) is 4.98 Å². The molecule has 0 bridgehead atoms. The van der Waals surface area contributed by atoms with Crippen molar-refractivity contribution in [1.29, 1.82) is 0 Å². The van der Waals surface area contributed by atoms with Gasteiger partial charge in [-0.2, -0.15) is 5.10 Å². The highest BCUT2D eigenvalue weighted by atomic mass is 35.5. The van der Waals surface area contributed by atoms with Crippen LogP contribution in [0.3, 0.4) is 0 Å². The first-order valence-corrected chi connectivity index (χ1v) is 11.8. The lowest BCUT2D eigenvalue weighted by Crippen LogP contribution is -2.29. The summed E-state index contributed by atoms with van der Waals surface area (Å²) in [6.45, 7) is 2.28. The van der Waals surface area contributed by atoms with E-state index in [4.69, 9.17) is 49.7 Å². The Labute approximate surface area is 205 Å². The zero-order chi connectivity index (χ0) is 22.9. The molecule has 0 spiro atoms. The van der Waals surface area contributed by atoms with Gasteiger partial charge >= 0.3 is 0 Å². The summed E-state index contributed by atoms with van der Waals surface area (Å²) in [6.07, 6.45) is 9.86. The molecule has 0 aliphatic carbocycles. The van der Waals surface area contributed by atoms with Gasteiger partial charge in [0, 0.05) is 35.0 Å². The largest absolute Gasteiger partial charge is 0.486 e. The van der Waals surface area contributed by atoms with Crippen molar-refractivity contribution in [2.75, 3.05) is 25.4 Å². The van der Waals surface area contributed by atoms with Crippen LogP contribution in [0.15, 0.2) is 41.4 Å². The Bertz CT molecular complexity index is 1300. The van der Waals surface area contributed by atoms with Crippen molar-refractivity contribution >= 4 is 51.6 Å². The molecule has 0 radical (unpaired) electrons. The summed E-state index contributed by atoms with van der Waals surface area (Å²) < 4.78 is 13.9. The van der Waals surface area contributed by atoms with Crippen LogP contribution in [0.4, 0.5) is 5.82 Å². The normalized spacial score (nSPS) is 14.8. The van der Waals surface area contributed by atoms with Crippen molar-refractivity contribution in [3.05, 3.63) is 57.6 Å². The van der Waals surface area contributed by atoms with Crippen LogP contribution in [0.1, 0.15) is 24.4 Å². The van der Waals surface area contributed by atoms with Crippen molar-refractivity contribution in [3.8, 4) is 16.9 Å². The van der Waals surface area contributed by atoms with E-state index in [-0.39, 0.29) is 12.4 Å². The Kier molecular flexibility index (Phi) is 6.38. The summed E-state index contributed by atoms with van der Waals surface area (Å²) in [5.41, 5.74) is 9.22. The molecule has 172 valence electrons. The monoisotopic (exact) mass is 505 g/mol. The molecule has 10 heteroatoms. The number of benzene rings is 1. The standard InChI is InChI=1S/C23H22Cl3N5O2/c24-18-1-2-19(25)20(26)15(18)5-8-32-22-21-16(10-29-23(22)27)17(12-33-21)13-9-30-31(11-13)14-3-6-28-7-4-14/h1-2,9-12,14,28H,3-8H2,(H2,27,29). The van der Waals surface area contributed by atoms with Crippen LogP contribution in [0.5, 0.6) is 5.75 Å². The van der Waals surface area contributed by atoms with E-state index >= 15 is 0 Å². The number of ether oxygens (including phenoxy) is 1. The topological polar surface area (TPSA) is 91.1 Å². The van der Waals surface area contributed by atoms with E-state index in [0.717, 1.165) is 48.0 Å². The Hall–Kier alpha value is -2.45. The second kappa shape index (κ2) is 9.43. The van der Waals surface area contributed by atoms with E-state index in [0.29, 0.717) is 38.9 Å². The first-order valence-electron chi connectivity index (χ1n) is 10.7. The minimum atomic E-state index is 0.247. The minimum absolute atomic E-state index is 0.247. The fourth-order valence-electron chi connectivity index (χ4n) is 4.14. The number of fused-ring (bicyclic) bond motifs is 1. The number of nitrogens with zero attached hydrogens (tertiary/aromatic N) is 3. The fourth-order valence-corrected chi connectivity index (χ4v) is 4.88. The number of pyridine rings is 1. The third kappa shape index (κ3) is 4.38. The maximum atomic E-state index is 6.30. The number of furan rings is 1. The second-order valence-corrected chi connectivity index (χ2v) is 9.17. The van der Waals surface area contributed by atoms with Crippen LogP contribution in [0, 0.1) is 0 Å². The van der Waals surface area contributed by atoms with Crippen LogP contribution in [0.2, 0.25) is 15.1 Å². The van der Waals surface area contributed by atoms with Gasteiger partial charge in [0.05, 0.1) is 34.3 Å². The summed E-state index contributed by atoms with van der Waals surface area (Å²) in [4.78, 5) is 4.32. The first-order chi connectivity index (χ1) is 16.0. The average molecular weight is 507 g/mol. The molecule has 0 atom stereocenters. The van der Waals surface area contributed by atoms with E-state index in [2.05, 4.69) is 21.6 Å². The van der Waals surface area contributed by atoms with Gasteiger partial charge in [0.15, 0.2) is 11.4 Å². The van der Waals surface area contributed by atoms with E-state index in [9.17, 15) is 0 Å². The van der Waals surface area contributed by atoms with Crippen LogP contribution >= 0.6 is 34.8 Å². The van der Waals surface area contributed by atoms with Gasteiger partial charge in [0.1, 0.15) is 6.26 Å². The molecule has 3 N–H and O–H groups in total. The third-order valence-electron chi connectivity index (χ3n) is 5.93. The predicted molar refractivity (Wildman–Crippen MR) is 131 cm³/mol. The SMILES string of the molecule is Nc1ncc2c(-c3cnn(C4CCNCC4)c3)coc2c1OCCc1c(Cl)ccc(Cl)c1Cl. The highest BCUT2D eigenvalue weighted by Crippen LogP contribution is 2.38. The molecule has 0 unspecified atom stereocenters. The van der Waals surface area contributed by atoms with E-state index < -0.39 is 0 Å². The first kappa shape index (κ1) is 22.3. The van der Waals surface area contributed by atoms with Gasteiger partial charge in [-0.1, -0.05) is 34.8 Å². The molecule has 1 aliphatic rings. The molecule has 1 fully saturated rings. The molecule has 1 aliphatic heterocycles. The number of halogens is 3. The van der Waals surface area contributed by atoms with E-state index in [1.165, 1.54) is 0 Å². The van der Waals surface area contributed by atoms with Crippen molar-refractivity contribution in [3.63, 3.8) is 0 Å². The van der Waals surface area contributed by atoms with Gasteiger partial charge < -0.3 is 20.2 Å². The van der Waals surface area contributed by atoms with Gasteiger partial charge in [0.2, 0.25) is 5.75 Å². The summed E-state index contributed by atoms with van der Waals surface area (Å²) >= 11 is 18.7. The molecule has 33 heavy (non-hydrogen) atoms. The van der Waals surface area contributed by atoms with Gasteiger partial charge in [-0.15, -0.1) is 0 Å². The zero-order valence-corrected chi connectivity index (χ0v) is 19.9. The summed E-state index contributed by atoms with van der Waals surface area (Å²) in [5, 5.41) is 10.2. The van der Waals surface area contributed by atoms with Crippen LogP contribution in [-0.4, -0.2) is 34.5 Å². The number of aromatic nitrogens is 3. The lowest BCUT2D eigenvalue weighted by atomic mass is 10.1. The molecule has 4 heterocycles. The molecule has 1 aromatic carbocycles. The number of nitrogen functional groups attached to an aromatic ring is 1. The Morgan fingerprint density at radius 3 is 2.76 bits per heavy atom. The molecule has 4 aromatic rings. The number of piperidine rings is 1. The second-order valence-electron chi connectivity index (χ2n) is 7.98. The van der Waals surface area contributed by atoms with Crippen molar-refractivity contribution in [2.45, 2.75) is 25.3 Å². The zero-order valence-electron chi connectivity index (χ0n) is 17.7. The number of nitrogens with one attached hydrogen (secondary N) is 1. The number of nitrogens with two attached hydrogens (primary N) is 1. The molecular formula is C23H22Cl3N5O2. The van der Waals surface area contributed by atoms with Crippen LogP contribution < -0.4 is 15.8 Å². The van der Waals surface area contributed by atoms with E-state index in [1.54, 1.807) is 24.6 Å². The van der Waals surface area contributed by atoms with Crippen molar-refractivity contribution in [2.24, 2.45) is 0 Å².